The molecular formula is C37H43FN4O5S. The average molecular weight is 675 g/mol. The molecule has 48 heavy (non-hydrogen) atoms. The first kappa shape index (κ1) is 36.3. The van der Waals surface area contributed by atoms with Gasteiger partial charge in [0.1, 0.15) is 29.8 Å². The van der Waals surface area contributed by atoms with Crippen LogP contribution in [0.4, 0.5) is 10.1 Å². The van der Waals surface area contributed by atoms with Crippen molar-refractivity contribution in [1.29, 1.82) is 5.26 Å². The predicted octanol–water partition coefficient (Wildman–Crippen LogP) is 6.43. The molecular weight excluding hydrogens is 631 g/mol. The number of anilines is 1. The lowest BCUT2D eigenvalue weighted by Crippen LogP contribution is -2.45. The van der Waals surface area contributed by atoms with Gasteiger partial charge in [-0.3, -0.25) is 14.4 Å². The first-order valence-corrected chi connectivity index (χ1v) is 16.9. The molecule has 0 saturated carbocycles. The maximum atomic E-state index is 14.5. The minimum atomic E-state index is -0.969. The van der Waals surface area contributed by atoms with Crippen LogP contribution in [0.1, 0.15) is 74.9 Å². The van der Waals surface area contributed by atoms with Crippen molar-refractivity contribution in [3.8, 4) is 11.8 Å². The quantitative estimate of drug-likeness (QED) is 0.191. The van der Waals surface area contributed by atoms with E-state index in [1.54, 1.807) is 68.9 Å². The Morgan fingerprint density at radius 1 is 1.21 bits per heavy atom. The Hall–Kier alpha value is -4.56. The summed E-state index contributed by atoms with van der Waals surface area (Å²) in [5.74, 6) is -1.34. The normalized spacial score (nSPS) is 16.3. The second kappa shape index (κ2) is 16.0. The van der Waals surface area contributed by atoms with Crippen molar-refractivity contribution >= 4 is 35.2 Å². The molecule has 0 aromatic heterocycles. The van der Waals surface area contributed by atoms with Gasteiger partial charge in [-0.1, -0.05) is 30.9 Å². The Balaban J connectivity index is 1.33. The van der Waals surface area contributed by atoms with Crippen molar-refractivity contribution in [2.75, 3.05) is 24.6 Å². The highest BCUT2D eigenvalue weighted by Crippen LogP contribution is 2.34. The molecule has 0 radical (unpaired) electrons. The van der Waals surface area contributed by atoms with E-state index >= 15 is 0 Å². The van der Waals surface area contributed by atoms with Gasteiger partial charge >= 0.3 is 5.97 Å². The molecule has 1 saturated heterocycles. The number of hydrogen-bond donors (Lipinski definition) is 1. The summed E-state index contributed by atoms with van der Waals surface area (Å²) >= 11 is 1.79. The van der Waals surface area contributed by atoms with Crippen LogP contribution < -0.4 is 15.4 Å². The molecule has 2 aliphatic heterocycles. The second-order valence-corrected chi connectivity index (χ2v) is 14.4. The van der Waals surface area contributed by atoms with E-state index in [2.05, 4.69) is 13.5 Å². The van der Waals surface area contributed by atoms with Crippen LogP contribution in [0.3, 0.4) is 0 Å². The van der Waals surface area contributed by atoms with Gasteiger partial charge < -0.3 is 25.0 Å². The van der Waals surface area contributed by atoms with Crippen LogP contribution in [0.25, 0.3) is 0 Å². The summed E-state index contributed by atoms with van der Waals surface area (Å²) < 4.78 is 26.0. The molecule has 2 aliphatic rings. The van der Waals surface area contributed by atoms with Crippen molar-refractivity contribution in [3.05, 3.63) is 94.2 Å². The van der Waals surface area contributed by atoms with Gasteiger partial charge in [0.25, 0.3) is 5.91 Å². The number of halogens is 1. The standard InChI is InChI=1S/C37H43FN4O5S/c1-6-25(11-10-24(2)48-27-16-18-41(19-17-27)31-13-12-26(21-39)20-30(31)38)23-46-33-9-7-8-28-29(33)22-42(36(28)45)32(35(40)44)14-15-34(43)47-37(3,4)5/h6-13,20,27,32H,1,14-19,22-23H2,2-5H3,(H2,40,44)/b24-10+,25-11+/t32-/m1/s1. The summed E-state index contributed by atoms with van der Waals surface area (Å²) in [7, 11) is 0. The lowest BCUT2D eigenvalue weighted by atomic mass is 10.1. The molecule has 2 N–H and O–H groups in total. The highest BCUT2D eigenvalue weighted by Gasteiger charge is 2.37. The topological polar surface area (TPSA) is 126 Å². The maximum Gasteiger partial charge on any atom is 0.306 e. The van der Waals surface area contributed by atoms with Crippen LogP contribution in [-0.4, -0.2) is 59.3 Å². The summed E-state index contributed by atoms with van der Waals surface area (Å²) in [5.41, 5.74) is 7.80. The number of thioether (sulfide) groups is 1. The number of carbonyl (C=O) groups is 3. The maximum absolute atomic E-state index is 14.5. The number of primary amides is 1. The number of piperidine rings is 1. The lowest BCUT2D eigenvalue weighted by Gasteiger charge is -2.33. The number of ether oxygens (including phenoxy) is 2. The van der Waals surface area contributed by atoms with Gasteiger partial charge in [-0.05, 0) is 87.8 Å². The number of nitrogens with zero attached hydrogens (tertiary/aromatic N) is 3. The second-order valence-electron chi connectivity index (χ2n) is 12.9. The molecule has 2 heterocycles. The van der Waals surface area contributed by atoms with E-state index in [0.29, 0.717) is 33.4 Å². The lowest BCUT2D eigenvalue weighted by molar-refractivity contribution is -0.155. The van der Waals surface area contributed by atoms with Gasteiger partial charge in [0.15, 0.2) is 0 Å². The van der Waals surface area contributed by atoms with Crippen molar-refractivity contribution in [1.82, 2.24) is 4.90 Å². The van der Waals surface area contributed by atoms with Crippen molar-refractivity contribution in [2.45, 2.75) is 76.8 Å². The Bertz CT molecular complexity index is 1650. The molecule has 0 bridgehead atoms. The third kappa shape index (κ3) is 9.50. The number of nitrogens with two attached hydrogens (primary N) is 1. The third-order valence-electron chi connectivity index (χ3n) is 8.10. The Labute approximate surface area is 286 Å². The molecule has 4 rings (SSSR count). The first-order valence-electron chi connectivity index (χ1n) is 16.0. The zero-order valence-electron chi connectivity index (χ0n) is 28.0. The highest BCUT2D eigenvalue weighted by atomic mass is 32.2. The highest BCUT2D eigenvalue weighted by molar-refractivity contribution is 8.03. The number of hydrogen-bond acceptors (Lipinski definition) is 8. The van der Waals surface area contributed by atoms with Gasteiger partial charge in [-0.15, -0.1) is 11.8 Å². The van der Waals surface area contributed by atoms with Crippen LogP contribution in [0.2, 0.25) is 0 Å². The molecule has 2 amide bonds. The van der Waals surface area contributed by atoms with Crippen molar-refractivity contribution in [2.24, 2.45) is 5.73 Å². The number of carbonyl (C=O) groups excluding carboxylic acids is 3. The van der Waals surface area contributed by atoms with E-state index in [1.807, 2.05) is 23.1 Å². The van der Waals surface area contributed by atoms with Crippen LogP contribution in [0.15, 0.2) is 71.7 Å². The van der Waals surface area contributed by atoms with Crippen LogP contribution in [0.5, 0.6) is 5.75 Å². The van der Waals surface area contributed by atoms with Crippen molar-refractivity contribution < 1.29 is 28.2 Å². The molecule has 254 valence electrons. The van der Waals surface area contributed by atoms with E-state index in [4.69, 9.17) is 20.5 Å². The molecule has 9 nitrogen and oxygen atoms in total. The minimum Gasteiger partial charge on any atom is -0.489 e. The van der Waals surface area contributed by atoms with Gasteiger partial charge in [0.2, 0.25) is 5.91 Å². The number of esters is 1. The van der Waals surface area contributed by atoms with E-state index in [9.17, 15) is 18.8 Å². The first-order chi connectivity index (χ1) is 22.8. The fourth-order valence-electron chi connectivity index (χ4n) is 5.72. The summed E-state index contributed by atoms with van der Waals surface area (Å²) in [6, 6.07) is 10.8. The molecule has 0 spiro atoms. The number of fused-ring (bicyclic) bond motifs is 1. The van der Waals surface area contributed by atoms with E-state index in [0.717, 1.165) is 36.4 Å². The smallest absolute Gasteiger partial charge is 0.306 e. The predicted molar refractivity (Wildman–Crippen MR) is 186 cm³/mol. The van der Waals surface area contributed by atoms with Crippen molar-refractivity contribution in [3.63, 3.8) is 0 Å². The minimum absolute atomic E-state index is 0.0508. The molecule has 2 aromatic rings. The zero-order chi connectivity index (χ0) is 35.0. The summed E-state index contributed by atoms with van der Waals surface area (Å²) in [6.45, 7) is 13.1. The molecule has 11 heteroatoms. The fourth-order valence-corrected chi connectivity index (χ4v) is 6.84. The number of nitriles is 1. The largest absolute Gasteiger partial charge is 0.489 e. The molecule has 1 atom stereocenters. The molecule has 1 fully saturated rings. The Morgan fingerprint density at radius 3 is 2.56 bits per heavy atom. The Kier molecular flexibility index (Phi) is 12.1. The monoisotopic (exact) mass is 674 g/mol. The molecule has 0 unspecified atom stereocenters. The average Bonchev–Trinajstić information content (AvgIpc) is 3.37. The zero-order valence-corrected chi connectivity index (χ0v) is 28.8. The van der Waals surface area contributed by atoms with E-state index in [1.165, 1.54) is 11.0 Å². The van der Waals surface area contributed by atoms with Gasteiger partial charge in [0.05, 0.1) is 23.9 Å². The number of allylic oxidation sites excluding steroid dienone is 3. The van der Waals surface area contributed by atoms with Gasteiger partial charge in [-0.25, -0.2) is 4.39 Å². The number of rotatable bonds is 13. The van der Waals surface area contributed by atoms with Gasteiger partial charge in [-0.2, -0.15) is 5.26 Å². The number of amides is 2. The van der Waals surface area contributed by atoms with Crippen LogP contribution in [0, 0.1) is 17.1 Å². The van der Waals surface area contributed by atoms with Crippen LogP contribution >= 0.6 is 11.8 Å². The SMILES string of the molecule is C=C/C(=C\C=C(/C)SC1CCN(c2ccc(C#N)cc2F)CC1)COc1cccc2c1CN([C@H](CCC(=O)OC(C)(C)C)C(N)=O)C2=O. The van der Waals surface area contributed by atoms with E-state index < -0.39 is 23.5 Å². The molecule has 0 aliphatic carbocycles. The molecule has 2 aromatic carbocycles. The summed E-state index contributed by atoms with van der Waals surface area (Å²) in [6.07, 6.45) is 7.52. The van der Waals surface area contributed by atoms with Gasteiger partial charge in [0, 0.05) is 35.9 Å². The third-order valence-corrected chi connectivity index (χ3v) is 9.41. The fraction of sp³-hybridized carbons (Fsp3) is 0.405. The summed E-state index contributed by atoms with van der Waals surface area (Å²) in [4.78, 5) is 42.5. The van der Waals surface area contributed by atoms with Crippen LogP contribution in [-0.2, 0) is 20.9 Å². The summed E-state index contributed by atoms with van der Waals surface area (Å²) in [5, 5.41) is 9.40. The number of benzene rings is 2. The van der Waals surface area contributed by atoms with E-state index in [-0.39, 0.29) is 37.7 Å². The Morgan fingerprint density at radius 2 is 1.94 bits per heavy atom.